The number of rotatable bonds is 8. The van der Waals surface area contributed by atoms with E-state index in [9.17, 15) is 0 Å². The van der Waals surface area contributed by atoms with E-state index in [0.29, 0.717) is 0 Å². The third kappa shape index (κ3) is 6.86. The fourth-order valence-electron chi connectivity index (χ4n) is 1.19. The summed E-state index contributed by atoms with van der Waals surface area (Å²) in [6, 6.07) is 2.67. The summed E-state index contributed by atoms with van der Waals surface area (Å²) in [6.07, 6.45) is 5.08. The molecule has 12 heavy (non-hydrogen) atoms. The van der Waals surface area contributed by atoms with Gasteiger partial charge < -0.3 is 4.43 Å². The highest BCUT2D eigenvalue weighted by atomic mass is 28.3. The highest BCUT2D eigenvalue weighted by molar-refractivity contribution is 6.51. The molecule has 0 saturated carbocycles. The van der Waals surface area contributed by atoms with Gasteiger partial charge in [-0.05, 0) is 18.5 Å². The van der Waals surface area contributed by atoms with Crippen LogP contribution in [0.2, 0.25) is 12.1 Å². The highest BCUT2D eigenvalue weighted by Gasteiger charge is 2.09. The predicted molar refractivity (Wildman–Crippen MR) is 56.8 cm³/mol. The smallest absolute Gasteiger partial charge is 0.211 e. The second-order valence-electron chi connectivity index (χ2n) is 3.24. The molecule has 0 aliphatic carbocycles. The molecule has 0 fully saturated rings. The molecule has 0 aliphatic rings. The van der Waals surface area contributed by atoms with Gasteiger partial charge in [-0.2, -0.15) is 0 Å². The van der Waals surface area contributed by atoms with Crippen LogP contribution in [0.5, 0.6) is 0 Å². The van der Waals surface area contributed by atoms with E-state index in [-0.39, 0.29) is 0 Å². The molecule has 0 bridgehead atoms. The summed E-state index contributed by atoms with van der Waals surface area (Å²) < 4.78 is 5.87. The van der Waals surface area contributed by atoms with Gasteiger partial charge in [0.05, 0.1) is 0 Å². The molecule has 2 heteroatoms. The lowest BCUT2D eigenvalue weighted by molar-refractivity contribution is 0.308. The van der Waals surface area contributed by atoms with Crippen LogP contribution in [-0.4, -0.2) is 15.6 Å². The van der Waals surface area contributed by atoms with E-state index in [1.807, 2.05) is 0 Å². The topological polar surface area (TPSA) is 9.23 Å². The van der Waals surface area contributed by atoms with Crippen LogP contribution in [0.4, 0.5) is 0 Å². The van der Waals surface area contributed by atoms with Crippen molar-refractivity contribution in [1.29, 1.82) is 0 Å². The molecule has 0 saturated heterocycles. The van der Waals surface area contributed by atoms with Crippen molar-refractivity contribution in [3.63, 3.8) is 0 Å². The minimum atomic E-state index is -0.419. The maximum absolute atomic E-state index is 5.87. The molecule has 0 spiro atoms. The minimum Gasteiger partial charge on any atom is -0.417 e. The van der Waals surface area contributed by atoms with Crippen LogP contribution in [0.3, 0.4) is 0 Å². The van der Waals surface area contributed by atoms with Crippen molar-refractivity contribution in [3.8, 4) is 0 Å². The van der Waals surface area contributed by atoms with Crippen molar-refractivity contribution in [2.45, 2.75) is 58.5 Å². The van der Waals surface area contributed by atoms with Gasteiger partial charge in [-0.15, -0.1) is 0 Å². The first-order chi connectivity index (χ1) is 5.85. The van der Waals surface area contributed by atoms with E-state index in [1.54, 1.807) is 0 Å². The summed E-state index contributed by atoms with van der Waals surface area (Å²) >= 11 is 0. The first kappa shape index (κ1) is 12.2. The molecule has 0 aromatic heterocycles. The van der Waals surface area contributed by atoms with Crippen molar-refractivity contribution >= 4 is 9.04 Å². The van der Waals surface area contributed by atoms with Gasteiger partial charge in [0.15, 0.2) is 0 Å². The monoisotopic (exact) mass is 187 g/mol. The van der Waals surface area contributed by atoms with E-state index >= 15 is 0 Å². The van der Waals surface area contributed by atoms with Gasteiger partial charge in [-0.3, -0.25) is 0 Å². The maximum atomic E-state index is 5.87. The molecule has 1 nitrogen and oxygen atoms in total. The van der Waals surface area contributed by atoms with E-state index in [2.05, 4.69) is 20.8 Å². The van der Waals surface area contributed by atoms with E-state index < -0.39 is 9.04 Å². The number of unbranched alkanes of at least 4 members (excludes halogenated alkanes) is 1. The molecule has 0 unspecified atom stereocenters. The van der Waals surface area contributed by atoms with Gasteiger partial charge in [-0.1, -0.05) is 40.0 Å². The Morgan fingerprint density at radius 2 is 1.50 bits per heavy atom. The zero-order valence-corrected chi connectivity index (χ0v) is 9.86. The van der Waals surface area contributed by atoms with Gasteiger partial charge in [0.1, 0.15) is 0 Å². The molecule has 0 rings (SSSR count). The molecule has 0 amide bonds. The lowest BCUT2D eigenvalue weighted by Gasteiger charge is -2.13. The summed E-state index contributed by atoms with van der Waals surface area (Å²) in [5.41, 5.74) is 0. The van der Waals surface area contributed by atoms with Crippen LogP contribution in [0.25, 0.3) is 0 Å². The Kier molecular flexibility index (Phi) is 9.40. The van der Waals surface area contributed by atoms with Gasteiger partial charge in [-0.25, -0.2) is 0 Å². The fourth-order valence-corrected chi connectivity index (χ4v) is 3.27. The summed E-state index contributed by atoms with van der Waals surface area (Å²) in [4.78, 5) is 0. The Morgan fingerprint density at radius 1 is 0.917 bits per heavy atom. The van der Waals surface area contributed by atoms with Gasteiger partial charge in [0, 0.05) is 6.61 Å². The van der Waals surface area contributed by atoms with Crippen LogP contribution in [0.1, 0.15) is 46.5 Å². The van der Waals surface area contributed by atoms with Crippen molar-refractivity contribution in [1.82, 2.24) is 0 Å². The lowest BCUT2D eigenvalue weighted by atomic mass is 10.4. The molecular weight excluding hydrogens is 164 g/mol. The zero-order valence-electron chi connectivity index (χ0n) is 8.86. The Balaban J connectivity index is 3.34. The summed E-state index contributed by atoms with van der Waals surface area (Å²) in [6.45, 7) is 7.73. The van der Waals surface area contributed by atoms with Gasteiger partial charge in [0.25, 0.3) is 0 Å². The molecule has 0 aliphatic heterocycles. The minimum absolute atomic E-state index is 0.419. The maximum Gasteiger partial charge on any atom is 0.211 e. The fraction of sp³-hybridized carbons (Fsp3) is 1.00. The largest absolute Gasteiger partial charge is 0.417 e. The van der Waals surface area contributed by atoms with Crippen LogP contribution in [0, 0.1) is 0 Å². The molecule has 1 radical (unpaired) electrons. The summed E-state index contributed by atoms with van der Waals surface area (Å²) in [5.74, 6) is 0. The highest BCUT2D eigenvalue weighted by Crippen LogP contribution is 2.07. The third-order valence-electron chi connectivity index (χ3n) is 1.86. The van der Waals surface area contributed by atoms with Crippen molar-refractivity contribution in [2.75, 3.05) is 6.61 Å². The Morgan fingerprint density at radius 3 is 1.92 bits per heavy atom. The zero-order chi connectivity index (χ0) is 9.23. The predicted octanol–water partition coefficient (Wildman–Crippen LogP) is 3.61. The van der Waals surface area contributed by atoms with E-state index in [4.69, 9.17) is 4.43 Å². The Hall–Kier alpha value is 0.177. The van der Waals surface area contributed by atoms with Crippen LogP contribution >= 0.6 is 0 Å². The quantitative estimate of drug-likeness (QED) is 0.416. The van der Waals surface area contributed by atoms with Crippen molar-refractivity contribution < 1.29 is 4.43 Å². The van der Waals surface area contributed by atoms with Crippen molar-refractivity contribution in [2.24, 2.45) is 0 Å². The van der Waals surface area contributed by atoms with E-state index in [1.165, 1.54) is 37.8 Å². The van der Waals surface area contributed by atoms with Crippen LogP contribution in [0.15, 0.2) is 0 Å². The third-order valence-corrected chi connectivity index (χ3v) is 4.59. The van der Waals surface area contributed by atoms with Gasteiger partial charge in [0.2, 0.25) is 9.04 Å². The molecule has 0 atom stereocenters. The first-order valence-electron chi connectivity index (χ1n) is 5.32. The molecule has 0 N–H and O–H groups in total. The summed E-state index contributed by atoms with van der Waals surface area (Å²) in [5, 5.41) is 0. The van der Waals surface area contributed by atoms with E-state index in [0.717, 1.165) is 6.61 Å². The summed E-state index contributed by atoms with van der Waals surface area (Å²) in [7, 11) is -0.419. The molecule has 0 heterocycles. The van der Waals surface area contributed by atoms with Crippen molar-refractivity contribution in [3.05, 3.63) is 0 Å². The molecule has 0 aromatic rings. The standard InChI is InChI=1S/C10H23OSi/c1-4-7-8-11-12(9-5-2)10-6-3/h4-10H2,1-3H3. The van der Waals surface area contributed by atoms with Crippen LogP contribution < -0.4 is 0 Å². The Labute approximate surface area is 79.2 Å². The molecule has 73 valence electrons. The molecule has 0 aromatic carbocycles. The second kappa shape index (κ2) is 9.27. The normalized spacial score (nSPS) is 11.0. The first-order valence-corrected chi connectivity index (χ1v) is 7.14. The number of hydrogen-bond donors (Lipinski definition) is 0. The van der Waals surface area contributed by atoms with Crippen LogP contribution in [-0.2, 0) is 4.43 Å². The molecular formula is C10H23OSi. The second-order valence-corrected chi connectivity index (χ2v) is 5.61. The average molecular weight is 187 g/mol. The number of hydrogen-bond acceptors (Lipinski definition) is 1. The Bertz CT molecular complexity index is 79.9. The lowest BCUT2D eigenvalue weighted by Crippen LogP contribution is -2.17. The van der Waals surface area contributed by atoms with Gasteiger partial charge >= 0.3 is 0 Å². The SMILES string of the molecule is CCCCO[Si](CCC)CCC. The average Bonchev–Trinajstić information content (AvgIpc) is 2.06.